The molecular weight excluding hydrogens is 384 g/mol. The number of nitrogen functional groups attached to an aromatic ring is 1. The number of amides is 1. The van der Waals surface area contributed by atoms with E-state index in [1.54, 1.807) is 18.4 Å². The lowest BCUT2D eigenvalue weighted by molar-refractivity contribution is -0.130. The van der Waals surface area contributed by atoms with Crippen molar-refractivity contribution in [2.45, 2.75) is 6.42 Å². The number of hydrogen-bond acceptors (Lipinski definition) is 8. The number of carbonyl (C=O) groups excluding carboxylic acids is 1. The molecule has 0 saturated carbocycles. The Morgan fingerprint density at radius 3 is 2.53 bits per heavy atom. The first kappa shape index (κ1) is 18.1. The number of fused-ring (bicyclic) bond motifs is 1. The third-order valence-electron chi connectivity index (χ3n) is 5.08. The number of nitrogens with two attached hydrogens (primary N) is 1. The number of benzene rings is 1. The second kappa shape index (κ2) is 7.47. The first-order valence-electron chi connectivity index (χ1n) is 9.68. The van der Waals surface area contributed by atoms with Gasteiger partial charge < -0.3 is 20.0 Å². The average Bonchev–Trinajstić information content (AvgIpc) is 3.44. The summed E-state index contributed by atoms with van der Waals surface area (Å²) in [4.78, 5) is 29.7. The molecule has 4 heterocycles. The Morgan fingerprint density at radius 2 is 1.80 bits per heavy atom. The lowest BCUT2D eigenvalue weighted by Gasteiger charge is -2.34. The maximum Gasteiger partial charge on any atom is 0.259 e. The van der Waals surface area contributed by atoms with E-state index in [-0.39, 0.29) is 11.9 Å². The van der Waals surface area contributed by atoms with Gasteiger partial charge in [-0.3, -0.25) is 4.79 Å². The molecule has 1 fully saturated rings. The molecule has 3 aromatic heterocycles. The normalized spacial score (nSPS) is 14.4. The smallest absolute Gasteiger partial charge is 0.259 e. The van der Waals surface area contributed by atoms with Crippen LogP contribution in [0.5, 0.6) is 0 Å². The topological polar surface area (TPSA) is 119 Å². The summed E-state index contributed by atoms with van der Waals surface area (Å²) >= 11 is 0. The fourth-order valence-corrected chi connectivity index (χ4v) is 3.48. The number of rotatable bonds is 4. The molecule has 5 rings (SSSR count). The first-order chi connectivity index (χ1) is 14.7. The fraction of sp³-hybridized carbons (Fsp3) is 0.250. The van der Waals surface area contributed by atoms with Crippen LogP contribution in [0.1, 0.15) is 5.56 Å². The van der Waals surface area contributed by atoms with Gasteiger partial charge >= 0.3 is 0 Å². The minimum Gasteiger partial charge on any atom is -0.461 e. The van der Waals surface area contributed by atoms with Gasteiger partial charge in [0.05, 0.1) is 12.7 Å². The fourth-order valence-electron chi connectivity index (χ4n) is 3.48. The molecule has 2 N–H and O–H groups in total. The average molecular weight is 404 g/mol. The highest BCUT2D eigenvalue weighted by Gasteiger charge is 2.24. The summed E-state index contributed by atoms with van der Waals surface area (Å²) in [5.74, 6) is 2.08. The van der Waals surface area contributed by atoms with Gasteiger partial charge in [0, 0.05) is 26.2 Å². The van der Waals surface area contributed by atoms with Crippen molar-refractivity contribution in [3.8, 4) is 11.6 Å². The minimum absolute atomic E-state index is 0.122. The van der Waals surface area contributed by atoms with Crippen molar-refractivity contribution in [1.82, 2.24) is 29.5 Å². The predicted octanol–water partition coefficient (Wildman–Crippen LogP) is 1.25. The highest BCUT2D eigenvalue weighted by atomic mass is 16.3. The number of nitrogens with zero attached hydrogens (tertiary/aromatic N) is 7. The van der Waals surface area contributed by atoms with Gasteiger partial charge in [-0.05, 0) is 17.7 Å². The lowest BCUT2D eigenvalue weighted by Crippen LogP contribution is -2.49. The summed E-state index contributed by atoms with van der Waals surface area (Å²) in [5.41, 5.74) is 7.10. The molecular formula is C20H20N8O2. The lowest BCUT2D eigenvalue weighted by atomic mass is 10.1. The summed E-state index contributed by atoms with van der Waals surface area (Å²) < 4.78 is 6.73. The Bertz CT molecular complexity index is 1160. The van der Waals surface area contributed by atoms with Crippen LogP contribution in [0.4, 0.5) is 11.9 Å². The quantitative estimate of drug-likeness (QED) is 0.540. The molecule has 1 aliphatic rings. The van der Waals surface area contributed by atoms with E-state index >= 15 is 0 Å². The standard InChI is InChI=1S/C20H20N8O2/c21-18-23-19(24-20-22-17(25-28(18)20)15-7-4-12-30-15)27-10-8-26(9-11-27)16(29)13-14-5-2-1-3-6-14/h1-7,12H,8-11,13H2,(H2,21,22,23,24,25). The van der Waals surface area contributed by atoms with E-state index < -0.39 is 0 Å². The maximum absolute atomic E-state index is 12.6. The Hall–Kier alpha value is -3.95. The van der Waals surface area contributed by atoms with Crippen molar-refractivity contribution in [2.24, 2.45) is 0 Å². The zero-order chi connectivity index (χ0) is 20.5. The Kier molecular flexibility index (Phi) is 4.51. The van der Waals surface area contributed by atoms with Crippen molar-refractivity contribution in [2.75, 3.05) is 36.8 Å². The van der Waals surface area contributed by atoms with Crippen LogP contribution in [-0.4, -0.2) is 61.6 Å². The highest BCUT2D eigenvalue weighted by molar-refractivity contribution is 5.79. The molecule has 30 heavy (non-hydrogen) atoms. The SMILES string of the molecule is Nc1nc(N2CCN(C(=O)Cc3ccccc3)CC2)nc2nc(-c3ccco3)nn12. The van der Waals surface area contributed by atoms with Gasteiger partial charge in [0.1, 0.15) is 0 Å². The highest BCUT2D eigenvalue weighted by Crippen LogP contribution is 2.19. The molecule has 0 atom stereocenters. The second-order valence-electron chi connectivity index (χ2n) is 7.04. The monoisotopic (exact) mass is 404 g/mol. The molecule has 1 aliphatic heterocycles. The van der Waals surface area contributed by atoms with Crippen LogP contribution >= 0.6 is 0 Å². The number of aromatic nitrogens is 5. The van der Waals surface area contributed by atoms with Crippen LogP contribution in [0, 0.1) is 0 Å². The van der Waals surface area contributed by atoms with Gasteiger partial charge in [-0.25, -0.2) is 0 Å². The van der Waals surface area contributed by atoms with E-state index in [0.717, 1.165) is 5.56 Å². The van der Waals surface area contributed by atoms with Crippen LogP contribution in [0.2, 0.25) is 0 Å². The molecule has 10 nitrogen and oxygen atoms in total. The zero-order valence-electron chi connectivity index (χ0n) is 16.2. The summed E-state index contributed by atoms with van der Waals surface area (Å²) in [6, 6.07) is 13.3. The third-order valence-corrected chi connectivity index (χ3v) is 5.08. The first-order valence-corrected chi connectivity index (χ1v) is 9.68. The van der Waals surface area contributed by atoms with Crippen LogP contribution < -0.4 is 10.6 Å². The molecule has 0 aliphatic carbocycles. The van der Waals surface area contributed by atoms with Crippen molar-refractivity contribution in [1.29, 1.82) is 0 Å². The van der Waals surface area contributed by atoms with E-state index in [4.69, 9.17) is 10.2 Å². The van der Waals surface area contributed by atoms with Crippen molar-refractivity contribution in [3.05, 3.63) is 54.3 Å². The molecule has 4 aromatic rings. The molecule has 0 radical (unpaired) electrons. The van der Waals surface area contributed by atoms with Gasteiger partial charge in [0.2, 0.25) is 23.6 Å². The number of anilines is 2. The van der Waals surface area contributed by atoms with Crippen molar-refractivity contribution >= 4 is 23.6 Å². The summed E-state index contributed by atoms with van der Waals surface area (Å²) in [5, 5.41) is 4.31. The zero-order valence-corrected chi connectivity index (χ0v) is 16.2. The number of hydrogen-bond donors (Lipinski definition) is 1. The van der Waals surface area contributed by atoms with Gasteiger partial charge in [0.25, 0.3) is 5.78 Å². The summed E-state index contributed by atoms with van der Waals surface area (Å²) in [7, 11) is 0. The van der Waals surface area contributed by atoms with Crippen LogP contribution in [0.25, 0.3) is 17.4 Å². The van der Waals surface area contributed by atoms with E-state index in [1.807, 2.05) is 40.1 Å². The molecule has 0 spiro atoms. The second-order valence-corrected chi connectivity index (χ2v) is 7.04. The van der Waals surface area contributed by atoms with E-state index in [2.05, 4.69) is 20.1 Å². The van der Waals surface area contributed by atoms with Gasteiger partial charge in [-0.15, -0.1) is 5.10 Å². The predicted molar refractivity (Wildman–Crippen MR) is 110 cm³/mol. The number of carbonyl (C=O) groups is 1. The Labute approximate surface area is 172 Å². The summed E-state index contributed by atoms with van der Waals surface area (Å²) in [6.45, 7) is 2.44. The minimum atomic E-state index is 0.122. The summed E-state index contributed by atoms with van der Waals surface area (Å²) in [6.07, 6.45) is 1.96. The molecule has 1 amide bonds. The van der Waals surface area contributed by atoms with Gasteiger partial charge in [-0.2, -0.15) is 19.5 Å². The maximum atomic E-state index is 12.6. The van der Waals surface area contributed by atoms with Crippen LogP contribution in [-0.2, 0) is 11.2 Å². The Balaban J connectivity index is 1.29. The molecule has 0 bridgehead atoms. The van der Waals surface area contributed by atoms with Gasteiger partial charge in [0.15, 0.2) is 5.76 Å². The van der Waals surface area contributed by atoms with Crippen LogP contribution in [0.3, 0.4) is 0 Å². The molecule has 0 unspecified atom stereocenters. The number of furan rings is 1. The largest absolute Gasteiger partial charge is 0.461 e. The van der Waals surface area contributed by atoms with Crippen molar-refractivity contribution in [3.63, 3.8) is 0 Å². The molecule has 1 aromatic carbocycles. The van der Waals surface area contributed by atoms with Gasteiger partial charge in [-0.1, -0.05) is 30.3 Å². The van der Waals surface area contributed by atoms with E-state index in [1.165, 1.54) is 4.52 Å². The molecule has 152 valence electrons. The van der Waals surface area contributed by atoms with E-state index in [0.29, 0.717) is 55.9 Å². The van der Waals surface area contributed by atoms with E-state index in [9.17, 15) is 4.79 Å². The third kappa shape index (κ3) is 3.43. The molecule has 1 saturated heterocycles. The molecule has 10 heteroatoms. The van der Waals surface area contributed by atoms with Crippen molar-refractivity contribution < 1.29 is 9.21 Å². The Morgan fingerprint density at radius 1 is 1.00 bits per heavy atom. The van der Waals surface area contributed by atoms with Crippen LogP contribution in [0.15, 0.2) is 53.1 Å². The number of piperazine rings is 1.